The predicted molar refractivity (Wildman–Crippen MR) is 73.3 cm³/mol. The lowest BCUT2D eigenvalue weighted by Crippen LogP contribution is -2.48. The maximum Gasteiger partial charge on any atom is 0.317 e. The molecule has 0 spiro atoms. The van der Waals surface area contributed by atoms with Crippen molar-refractivity contribution in [3.8, 4) is 0 Å². The number of carboxylic acids is 1. The molecule has 2 saturated carbocycles. The van der Waals surface area contributed by atoms with E-state index in [-0.39, 0.29) is 18.0 Å². The molecular formula is C14H24N2O4. The number of aliphatic carboxylic acids is 1. The van der Waals surface area contributed by atoms with Gasteiger partial charge in [-0.2, -0.15) is 0 Å². The van der Waals surface area contributed by atoms with Crippen molar-refractivity contribution < 1.29 is 19.8 Å². The number of nitrogens with one attached hydrogen (secondary N) is 1. The van der Waals surface area contributed by atoms with Crippen LogP contribution in [-0.2, 0) is 4.79 Å². The van der Waals surface area contributed by atoms with Gasteiger partial charge >= 0.3 is 12.0 Å². The molecule has 3 N–H and O–H groups in total. The van der Waals surface area contributed by atoms with E-state index in [2.05, 4.69) is 5.32 Å². The van der Waals surface area contributed by atoms with Gasteiger partial charge in [-0.1, -0.05) is 12.8 Å². The highest BCUT2D eigenvalue weighted by Crippen LogP contribution is 2.30. The number of hydrogen-bond donors (Lipinski definition) is 3. The average molecular weight is 284 g/mol. The van der Waals surface area contributed by atoms with Crippen LogP contribution in [0.1, 0.15) is 44.9 Å². The summed E-state index contributed by atoms with van der Waals surface area (Å²) in [7, 11) is 1.68. The first-order valence-electron chi connectivity index (χ1n) is 7.36. The third-order valence-corrected chi connectivity index (χ3v) is 4.52. The molecule has 2 fully saturated rings. The molecule has 0 saturated heterocycles. The van der Waals surface area contributed by atoms with E-state index < -0.39 is 11.6 Å². The Labute approximate surface area is 119 Å². The number of rotatable bonds is 4. The molecule has 114 valence electrons. The van der Waals surface area contributed by atoms with Crippen LogP contribution in [0.5, 0.6) is 0 Å². The van der Waals surface area contributed by atoms with E-state index in [1.165, 1.54) is 4.90 Å². The first kappa shape index (κ1) is 15.1. The number of urea groups is 1. The molecule has 2 unspecified atom stereocenters. The van der Waals surface area contributed by atoms with Gasteiger partial charge in [-0.15, -0.1) is 0 Å². The minimum atomic E-state index is -0.782. The Morgan fingerprint density at radius 3 is 2.50 bits per heavy atom. The summed E-state index contributed by atoms with van der Waals surface area (Å²) in [5, 5.41) is 22.1. The molecule has 0 heterocycles. The second-order valence-electron chi connectivity index (χ2n) is 6.28. The number of nitrogens with zero attached hydrogens (tertiary/aromatic N) is 1. The zero-order chi connectivity index (χ0) is 14.8. The van der Waals surface area contributed by atoms with Gasteiger partial charge in [0.15, 0.2) is 0 Å². The number of amides is 2. The highest BCUT2D eigenvalue weighted by atomic mass is 16.4. The highest BCUT2D eigenvalue weighted by Gasteiger charge is 2.35. The fourth-order valence-corrected chi connectivity index (χ4v) is 3.33. The molecule has 6 nitrogen and oxygen atoms in total. The number of carboxylic acid groups (broad SMARTS) is 1. The Hall–Kier alpha value is -1.30. The van der Waals surface area contributed by atoms with Crippen LogP contribution in [-0.4, -0.2) is 52.3 Å². The normalized spacial score (nSPS) is 28.3. The van der Waals surface area contributed by atoms with E-state index >= 15 is 0 Å². The van der Waals surface area contributed by atoms with Crippen LogP contribution in [0.15, 0.2) is 0 Å². The zero-order valence-corrected chi connectivity index (χ0v) is 12.0. The summed E-state index contributed by atoms with van der Waals surface area (Å²) < 4.78 is 0. The molecule has 2 atom stereocenters. The summed E-state index contributed by atoms with van der Waals surface area (Å²) in [6, 6.07) is -0.286. The van der Waals surface area contributed by atoms with Gasteiger partial charge in [0.25, 0.3) is 0 Å². The first-order valence-corrected chi connectivity index (χ1v) is 7.36. The molecule has 0 aromatic rings. The van der Waals surface area contributed by atoms with Crippen LogP contribution in [0.25, 0.3) is 0 Å². The van der Waals surface area contributed by atoms with Crippen molar-refractivity contribution in [1.82, 2.24) is 10.2 Å². The Morgan fingerprint density at radius 1 is 1.30 bits per heavy atom. The molecule has 2 aliphatic carbocycles. The largest absolute Gasteiger partial charge is 0.481 e. The van der Waals surface area contributed by atoms with Crippen LogP contribution in [0.3, 0.4) is 0 Å². The molecule has 0 aromatic heterocycles. The van der Waals surface area contributed by atoms with Crippen molar-refractivity contribution in [3.05, 3.63) is 0 Å². The number of carbonyl (C=O) groups is 2. The van der Waals surface area contributed by atoms with Crippen LogP contribution in [0.2, 0.25) is 0 Å². The van der Waals surface area contributed by atoms with Gasteiger partial charge in [-0.05, 0) is 32.1 Å². The summed E-state index contributed by atoms with van der Waals surface area (Å²) in [5.74, 6) is -1.13. The van der Waals surface area contributed by atoms with Gasteiger partial charge in [0.05, 0.1) is 18.1 Å². The first-order chi connectivity index (χ1) is 9.39. The Balaban J connectivity index is 1.78. The minimum absolute atomic E-state index is 0.0655. The summed E-state index contributed by atoms with van der Waals surface area (Å²) >= 11 is 0. The molecule has 6 heteroatoms. The molecule has 2 rings (SSSR count). The SMILES string of the molecule is CN(CC1(O)CCCC1)C(=O)NC1CCC(C(=O)O)C1. The van der Waals surface area contributed by atoms with Crippen molar-refractivity contribution in [2.45, 2.75) is 56.6 Å². The van der Waals surface area contributed by atoms with Gasteiger partial charge in [0, 0.05) is 13.1 Å². The van der Waals surface area contributed by atoms with Crippen molar-refractivity contribution >= 4 is 12.0 Å². The molecule has 0 aromatic carbocycles. The lowest BCUT2D eigenvalue weighted by Gasteiger charge is -2.29. The predicted octanol–water partition coefficient (Wildman–Crippen LogP) is 1.19. The fourth-order valence-electron chi connectivity index (χ4n) is 3.33. The second-order valence-corrected chi connectivity index (χ2v) is 6.28. The monoisotopic (exact) mass is 284 g/mol. The fraction of sp³-hybridized carbons (Fsp3) is 0.857. The lowest BCUT2D eigenvalue weighted by atomic mass is 10.0. The van der Waals surface area contributed by atoms with Crippen LogP contribution >= 0.6 is 0 Å². The van der Waals surface area contributed by atoms with E-state index in [1.54, 1.807) is 7.05 Å². The van der Waals surface area contributed by atoms with Crippen molar-refractivity contribution in [3.63, 3.8) is 0 Å². The maximum atomic E-state index is 12.1. The van der Waals surface area contributed by atoms with E-state index in [0.29, 0.717) is 25.8 Å². The quantitative estimate of drug-likeness (QED) is 0.723. The third-order valence-electron chi connectivity index (χ3n) is 4.52. The van der Waals surface area contributed by atoms with E-state index in [0.717, 1.165) is 25.7 Å². The standard InChI is InChI=1S/C14H24N2O4/c1-16(9-14(20)6-2-3-7-14)13(19)15-11-5-4-10(8-11)12(17)18/h10-11,20H,2-9H2,1H3,(H,15,19)(H,17,18). The molecule has 0 bridgehead atoms. The summed E-state index contributed by atoms with van der Waals surface area (Å²) in [5.41, 5.74) is -0.745. The Kier molecular flexibility index (Phi) is 4.52. The van der Waals surface area contributed by atoms with Gasteiger partial charge in [-0.3, -0.25) is 4.79 Å². The topological polar surface area (TPSA) is 89.9 Å². The second kappa shape index (κ2) is 5.99. The summed E-state index contributed by atoms with van der Waals surface area (Å²) in [6.45, 7) is 0.341. The molecule has 0 radical (unpaired) electrons. The molecule has 0 aliphatic heterocycles. The number of likely N-dealkylation sites (N-methyl/N-ethyl adjacent to an activating group) is 1. The minimum Gasteiger partial charge on any atom is -0.481 e. The molecule has 20 heavy (non-hydrogen) atoms. The van der Waals surface area contributed by atoms with Gasteiger partial charge in [0.1, 0.15) is 0 Å². The average Bonchev–Trinajstić information content (AvgIpc) is 2.98. The number of carbonyl (C=O) groups excluding carboxylic acids is 1. The highest BCUT2D eigenvalue weighted by molar-refractivity contribution is 5.75. The van der Waals surface area contributed by atoms with E-state index in [4.69, 9.17) is 5.11 Å². The number of aliphatic hydroxyl groups is 1. The summed E-state index contributed by atoms with van der Waals surface area (Å²) in [6.07, 6.45) is 5.34. The number of hydrogen-bond acceptors (Lipinski definition) is 3. The maximum absolute atomic E-state index is 12.1. The smallest absolute Gasteiger partial charge is 0.317 e. The third kappa shape index (κ3) is 3.62. The molecular weight excluding hydrogens is 260 g/mol. The van der Waals surface area contributed by atoms with Crippen LogP contribution in [0, 0.1) is 5.92 Å². The van der Waals surface area contributed by atoms with Crippen molar-refractivity contribution in [2.75, 3.05) is 13.6 Å². The van der Waals surface area contributed by atoms with Gasteiger partial charge in [-0.25, -0.2) is 4.79 Å². The molecule has 2 amide bonds. The Morgan fingerprint density at radius 2 is 1.95 bits per heavy atom. The zero-order valence-electron chi connectivity index (χ0n) is 12.0. The van der Waals surface area contributed by atoms with Crippen LogP contribution in [0.4, 0.5) is 4.79 Å². The van der Waals surface area contributed by atoms with Crippen molar-refractivity contribution in [1.29, 1.82) is 0 Å². The van der Waals surface area contributed by atoms with Crippen molar-refractivity contribution in [2.24, 2.45) is 5.92 Å². The van der Waals surface area contributed by atoms with Gasteiger partial charge in [0.2, 0.25) is 0 Å². The van der Waals surface area contributed by atoms with Gasteiger partial charge < -0.3 is 20.4 Å². The molecule has 2 aliphatic rings. The summed E-state index contributed by atoms with van der Waals surface area (Å²) in [4.78, 5) is 24.5. The van der Waals surface area contributed by atoms with E-state index in [9.17, 15) is 14.7 Å². The van der Waals surface area contributed by atoms with Crippen LogP contribution < -0.4 is 5.32 Å². The Bertz CT molecular complexity index is 379. The lowest BCUT2D eigenvalue weighted by molar-refractivity contribution is -0.141. The van der Waals surface area contributed by atoms with E-state index in [1.807, 2.05) is 0 Å².